The van der Waals surface area contributed by atoms with Gasteiger partial charge >= 0.3 is 6.18 Å². The van der Waals surface area contributed by atoms with Crippen LogP contribution in [0.2, 0.25) is 0 Å². The van der Waals surface area contributed by atoms with E-state index in [1.165, 1.54) is 6.33 Å². The quantitative estimate of drug-likeness (QED) is 0.862. The second kappa shape index (κ2) is 3.66. The Kier molecular flexibility index (Phi) is 2.45. The maximum Gasteiger partial charge on any atom is 0.422 e. The SMILES string of the molecule is Cc1cc2[nH]cnc2nc1OCC(F)(F)F. The van der Waals surface area contributed by atoms with E-state index >= 15 is 0 Å². The summed E-state index contributed by atoms with van der Waals surface area (Å²) in [6, 6.07) is 1.64. The molecule has 0 aliphatic heterocycles. The summed E-state index contributed by atoms with van der Waals surface area (Å²) in [6.07, 6.45) is -2.95. The molecule has 0 aliphatic rings. The van der Waals surface area contributed by atoms with Gasteiger partial charge in [-0.05, 0) is 13.0 Å². The van der Waals surface area contributed by atoms with Gasteiger partial charge < -0.3 is 9.72 Å². The van der Waals surface area contributed by atoms with E-state index in [4.69, 9.17) is 0 Å². The Morgan fingerprint density at radius 2 is 2.19 bits per heavy atom. The minimum atomic E-state index is -4.37. The number of aromatic amines is 1. The molecule has 0 saturated carbocycles. The maximum atomic E-state index is 12.0. The number of nitrogens with zero attached hydrogens (tertiary/aromatic N) is 2. The minimum absolute atomic E-state index is 0.0445. The van der Waals surface area contributed by atoms with Crippen LogP contribution in [-0.2, 0) is 0 Å². The Morgan fingerprint density at radius 3 is 2.88 bits per heavy atom. The predicted octanol–water partition coefficient (Wildman–Crippen LogP) is 2.21. The molecule has 16 heavy (non-hydrogen) atoms. The molecule has 0 aliphatic carbocycles. The summed E-state index contributed by atoms with van der Waals surface area (Å²) in [5.41, 5.74) is 1.53. The van der Waals surface area contributed by atoms with Crippen LogP contribution in [0.5, 0.6) is 5.88 Å². The van der Waals surface area contributed by atoms with Crippen LogP contribution in [0.25, 0.3) is 11.2 Å². The number of fused-ring (bicyclic) bond motifs is 1. The van der Waals surface area contributed by atoms with Crippen molar-refractivity contribution in [1.82, 2.24) is 15.0 Å². The Labute approximate surface area is 88.5 Å². The second-order valence-electron chi connectivity index (χ2n) is 3.29. The summed E-state index contributed by atoms with van der Waals surface area (Å²) in [6.45, 7) is 0.274. The van der Waals surface area contributed by atoms with E-state index in [9.17, 15) is 13.2 Å². The third-order valence-corrected chi connectivity index (χ3v) is 1.93. The Bertz CT molecular complexity index is 506. The van der Waals surface area contributed by atoms with Gasteiger partial charge in [0.15, 0.2) is 12.3 Å². The number of imidazole rings is 1. The molecule has 2 heterocycles. The van der Waals surface area contributed by atoms with Crippen molar-refractivity contribution in [3.8, 4) is 5.88 Å². The Balaban J connectivity index is 2.26. The lowest BCUT2D eigenvalue weighted by atomic mass is 10.3. The van der Waals surface area contributed by atoms with Gasteiger partial charge in [-0.3, -0.25) is 0 Å². The predicted molar refractivity (Wildman–Crippen MR) is 50.2 cm³/mol. The van der Waals surface area contributed by atoms with E-state index in [1.54, 1.807) is 13.0 Å². The van der Waals surface area contributed by atoms with Crippen LogP contribution in [0.3, 0.4) is 0 Å². The van der Waals surface area contributed by atoms with Gasteiger partial charge in [0.05, 0.1) is 11.8 Å². The summed E-state index contributed by atoms with van der Waals surface area (Å²) < 4.78 is 40.4. The van der Waals surface area contributed by atoms with Crippen molar-refractivity contribution in [2.75, 3.05) is 6.61 Å². The maximum absolute atomic E-state index is 12.0. The molecule has 86 valence electrons. The normalized spacial score (nSPS) is 12.0. The first kappa shape index (κ1) is 10.7. The van der Waals surface area contributed by atoms with Crippen LogP contribution in [0.1, 0.15) is 5.56 Å². The fourth-order valence-corrected chi connectivity index (χ4v) is 1.25. The first-order valence-corrected chi connectivity index (χ1v) is 4.46. The highest BCUT2D eigenvalue weighted by atomic mass is 19.4. The fourth-order valence-electron chi connectivity index (χ4n) is 1.25. The van der Waals surface area contributed by atoms with Crippen molar-refractivity contribution in [3.05, 3.63) is 18.0 Å². The number of rotatable bonds is 2. The third-order valence-electron chi connectivity index (χ3n) is 1.93. The number of aryl methyl sites for hydroxylation is 1. The van der Waals surface area contributed by atoms with Crippen LogP contribution in [0, 0.1) is 6.92 Å². The van der Waals surface area contributed by atoms with Crippen molar-refractivity contribution >= 4 is 11.2 Å². The van der Waals surface area contributed by atoms with E-state index in [2.05, 4.69) is 19.7 Å². The Morgan fingerprint density at radius 1 is 1.44 bits per heavy atom. The lowest BCUT2D eigenvalue weighted by Gasteiger charge is -2.09. The highest BCUT2D eigenvalue weighted by Crippen LogP contribution is 2.22. The average Bonchev–Trinajstić information content (AvgIpc) is 2.59. The first-order valence-electron chi connectivity index (χ1n) is 4.46. The van der Waals surface area contributed by atoms with Gasteiger partial charge in [-0.1, -0.05) is 0 Å². The highest BCUT2D eigenvalue weighted by Gasteiger charge is 2.29. The molecular formula is C9H8F3N3O. The topological polar surface area (TPSA) is 50.8 Å². The largest absolute Gasteiger partial charge is 0.468 e. The molecule has 0 fully saturated rings. The molecule has 0 unspecified atom stereocenters. The molecule has 0 aromatic carbocycles. The van der Waals surface area contributed by atoms with Crippen molar-refractivity contribution in [2.45, 2.75) is 13.1 Å². The van der Waals surface area contributed by atoms with E-state index in [1.807, 2.05) is 0 Å². The zero-order valence-electron chi connectivity index (χ0n) is 8.30. The number of H-pyrrole nitrogens is 1. The van der Waals surface area contributed by atoms with Crippen LogP contribution >= 0.6 is 0 Å². The summed E-state index contributed by atoms with van der Waals surface area (Å²) in [7, 11) is 0. The summed E-state index contributed by atoms with van der Waals surface area (Å²) in [5, 5.41) is 0. The van der Waals surface area contributed by atoms with Gasteiger partial charge in [0.25, 0.3) is 0 Å². The standard InChI is InChI=1S/C9H8F3N3O/c1-5-2-6-7(14-4-13-6)15-8(5)16-3-9(10,11)12/h2,4H,3H2,1H3,(H,13,14,15). The van der Waals surface area contributed by atoms with Gasteiger partial charge in [-0.25, -0.2) is 4.98 Å². The fraction of sp³-hybridized carbons (Fsp3) is 0.333. The molecule has 7 heteroatoms. The molecule has 4 nitrogen and oxygen atoms in total. The molecule has 2 aromatic rings. The third kappa shape index (κ3) is 2.23. The average molecular weight is 231 g/mol. The number of hydrogen-bond acceptors (Lipinski definition) is 3. The summed E-state index contributed by atoms with van der Waals surface area (Å²) >= 11 is 0. The van der Waals surface area contributed by atoms with Gasteiger partial charge in [-0.15, -0.1) is 0 Å². The molecule has 0 radical (unpaired) electrons. The summed E-state index contributed by atoms with van der Waals surface area (Å²) in [4.78, 5) is 10.5. The number of ether oxygens (including phenoxy) is 1. The molecular weight excluding hydrogens is 223 g/mol. The van der Waals surface area contributed by atoms with Crippen molar-refractivity contribution in [1.29, 1.82) is 0 Å². The first-order chi connectivity index (χ1) is 7.46. The number of nitrogens with one attached hydrogen (secondary N) is 1. The molecule has 0 saturated heterocycles. The van der Waals surface area contributed by atoms with E-state index < -0.39 is 12.8 Å². The highest BCUT2D eigenvalue weighted by molar-refractivity contribution is 5.71. The van der Waals surface area contributed by atoms with Crippen molar-refractivity contribution in [3.63, 3.8) is 0 Å². The monoisotopic (exact) mass is 231 g/mol. The zero-order chi connectivity index (χ0) is 11.8. The molecule has 2 rings (SSSR count). The smallest absolute Gasteiger partial charge is 0.422 e. The molecule has 1 N–H and O–H groups in total. The van der Waals surface area contributed by atoms with Gasteiger partial charge in [0.1, 0.15) is 0 Å². The van der Waals surface area contributed by atoms with Crippen LogP contribution < -0.4 is 4.74 Å². The molecule has 0 bridgehead atoms. The minimum Gasteiger partial charge on any atom is -0.468 e. The van der Waals surface area contributed by atoms with Crippen LogP contribution in [0.4, 0.5) is 13.2 Å². The summed E-state index contributed by atoms with van der Waals surface area (Å²) in [5.74, 6) is -0.0445. The van der Waals surface area contributed by atoms with Crippen molar-refractivity contribution in [2.24, 2.45) is 0 Å². The lowest BCUT2D eigenvalue weighted by molar-refractivity contribution is -0.154. The van der Waals surface area contributed by atoms with E-state index in [-0.39, 0.29) is 5.88 Å². The number of alkyl halides is 3. The van der Waals surface area contributed by atoms with E-state index in [0.29, 0.717) is 16.7 Å². The lowest BCUT2D eigenvalue weighted by Crippen LogP contribution is -2.20. The number of aromatic nitrogens is 3. The van der Waals surface area contributed by atoms with Crippen LogP contribution in [0.15, 0.2) is 12.4 Å². The van der Waals surface area contributed by atoms with Crippen molar-refractivity contribution < 1.29 is 17.9 Å². The molecule has 0 spiro atoms. The van der Waals surface area contributed by atoms with Gasteiger partial charge in [0.2, 0.25) is 5.88 Å². The zero-order valence-corrected chi connectivity index (χ0v) is 8.30. The second-order valence-corrected chi connectivity index (χ2v) is 3.29. The van der Waals surface area contributed by atoms with Crippen LogP contribution in [-0.4, -0.2) is 27.7 Å². The van der Waals surface area contributed by atoms with Gasteiger partial charge in [0, 0.05) is 5.56 Å². The number of halogens is 3. The molecule has 0 atom stereocenters. The van der Waals surface area contributed by atoms with E-state index in [0.717, 1.165) is 0 Å². The Hall–Kier alpha value is -1.79. The molecule has 2 aromatic heterocycles. The van der Waals surface area contributed by atoms with Gasteiger partial charge in [-0.2, -0.15) is 18.2 Å². The molecule has 0 amide bonds. The number of hydrogen-bond donors (Lipinski definition) is 1. The number of pyridine rings is 1.